The van der Waals surface area contributed by atoms with E-state index in [1.165, 1.54) is 0 Å². The van der Waals surface area contributed by atoms with E-state index in [4.69, 9.17) is 0 Å². The fourth-order valence-corrected chi connectivity index (χ4v) is 2.15. The van der Waals surface area contributed by atoms with Crippen LogP contribution >= 0.6 is 0 Å². The number of pyridine rings is 1. The van der Waals surface area contributed by atoms with Gasteiger partial charge < -0.3 is 0 Å². The first-order valence-electron chi connectivity index (χ1n) is 5.50. The number of aryl methyl sites for hydroxylation is 1. The highest BCUT2D eigenvalue weighted by Crippen LogP contribution is 2.47. The Bertz CT molecular complexity index is 405. The minimum absolute atomic E-state index is 0.102. The van der Waals surface area contributed by atoms with Crippen molar-refractivity contribution in [2.75, 3.05) is 0 Å². The quantitative estimate of drug-likeness (QED) is 0.750. The van der Waals surface area contributed by atoms with E-state index in [0.29, 0.717) is 12.0 Å². The maximum absolute atomic E-state index is 12.8. The van der Waals surface area contributed by atoms with Crippen LogP contribution in [0, 0.1) is 6.92 Å². The molecule has 88 valence electrons. The molecule has 0 spiro atoms. The Morgan fingerprint density at radius 1 is 1.38 bits per heavy atom. The molecule has 0 aromatic carbocycles. The zero-order valence-electron chi connectivity index (χ0n) is 9.36. The molecule has 0 unspecified atom stereocenters. The molecule has 1 aromatic heterocycles. The van der Waals surface area contributed by atoms with E-state index >= 15 is 0 Å². The van der Waals surface area contributed by atoms with Crippen LogP contribution < -0.4 is 0 Å². The van der Waals surface area contributed by atoms with Crippen molar-refractivity contribution in [1.82, 2.24) is 4.98 Å². The number of halogens is 3. The summed E-state index contributed by atoms with van der Waals surface area (Å²) < 4.78 is 38.4. The number of rotatable bonds is 2. The van der Waals surface area contributed by atoms with Crippen molar-refractivity contribution in [2.24, 2.45) is 0 Å². The maximum Gasteiger partial charge on any atom is 0.418 e. The van der Waals surface area contributed by atoms with E-state index < -0.39 is 11.7 Å². The summed E-state index contributed by atoms with van der Waals surface area (Å²) in [4.78, 5) is 3.91. The summed E-state index contributed by atoms with van der Waals surface area (Å²) >= 11 is 0. The molecule has 1 nitrogen and oxygen atoms in total. The van der Waals surface area contributed by atoms with Crippen LogP contribution in [0.15, 0.2) is 6.20 Å². The van der Waals surface area contributed by atoms with Crippen LogP contribution in [0.4, 0.5) is 13.2 Å². The van der Waals surface area contributed by atoms with Crippen molar-refractivity contribution in [3.05, 3.63) is 28.6 Å². The van der Waals surface area contributed by atoms with Crippen LogP contribution in [0.3, 0.4) is 0 Å². The van der Waals surface area contributed by atoms with E-state index in [-0.39, 0.29) is 5.92 Å². The van der Waals surface area contributed by atoms with Gasteiger partial charge in [-0.2, -0.15) is 13.2 Å². The van der Waals surface area contributed by atoms with Crippen LogP contribution in [0.1, 0.15) is 48.1 Å². The Balaban J connectivity index is 2.57. The Morgan fingerprint density at radius 3 is 2.44 bits per heavy atom. The molecule has 1 saturated carbocycles. The largest absolute Gasteiger partial charge is 0.418 e. The topological polar surface area (TPSA) is 12.9 Å². The smallest absolute Gasteiger partial charge is 0.260 e. The molecule has 1 heterocycles. The third kappa shape index (κ3) is 1.93. The molecule has 1 aliphatic rings. The monoisotopic (exact) mass is 229 g/mol. The van der Waals surface area contributed by atoms with Crippen LogP contribution in [0.5, 0.6) is 0 Å². The van der Waals surface area contributed by atoms with Gasteiger partial charge in [-0.15, -0.1) is 0 Å². The molecule has 0 amide bonds. The lowest BCUT2D eigenvalue weighted by atomic mass is 9.97. The second-order valence-electron chi connectivity index (χ2n) is 4.28. The third-order valence-electron chi connectivity index (χ3n) is 3.10. The van der Waals surface area contributed by atoms with Crippen molar-refractivity contribution in [1.29, 1.82) is 0 Å². The average molecular weight is 229 g/mol. The van der Waals surface area contributed by atoms with Gasteiger partial charge >= 0.3 is 6.18 Å². The van der Waals surface area contributed by atoms with E-state index in [0.717, 1.165) is 30.3 Å². The highest BCUT2D eigenvalue weighted by atomic mass is 19.4. The van der Waals surface area contributed by atoms with Gasteiger partial charge in [-0.05, 0) is 43.2 Å². The van der Waals surface area contributed by atoms with E-state index in [9.17, 15) is 13.2 Å². The van der Waals surface area contributed by atoms with Crippen molar-refractivity contribution in [3.63, 3.8) is 0 Å². The molecule has 0 atom stereocenters. The van der Waals surface area contributed by atoms with E-state index in [1.807, 2.05) is 6.92 Å². The van der Waals surface area contributed by atoms with Crippen LogP contribution in [0.2, 0.25) is 0 Å². The zero-order chi connectivity index (χ0) is 11.9. The lowest BCUT2D eigenvalue weighted by Gasteiger charge is -2.16. The Labute approximate surface area is 92.7 Å². The number of hydrogen-bond acceptors (Lipinski definition) is 1. The molecule has 0 aliphatic heterocycles. The molecular formula is C12H14F3N. The normalized spacial score (nSPS) is 16.6. The fourth-order valence-electron chi connectivity index (χ4n) is 2.15. The van der Waals surface area contributed by atoms with Crippen molar-refractivity contribution in [3.8, 4) is 0 Å². The van der Waals surface area contributed by atoms with Gasteiger partial charge in [0.05, 0.1) is 5.56 Å². The first kappa shape index (κ1) is 11.4. The predicted octanol–water partition coefficient (Wildman–Crippen LogP) is 3.85. The van der Waals surface area contributed by atoms with Gasteiger partial charge in [0.2, 0.25) is 0 Å². The van der Waals surface area contributed by atoms with Crippen LogP contribution in [0.25, 0.3) is 0 Å². The molecule has 1 aromatic rings. The molecular weight excluding hydrogens is 215 g/mol. The summed E-state index contributed by atoms with van der Waals surface area (Å²) in [6.07, 6.45) is -0.848. The fraction of sp³-hybridized carbons (Fsp3) is 0.583. The van der Waals surface area contributed by atoms with Crippen molar-refractivity contribution >= 4 is 0 Å². The molecule has 0 N–H and O–H groups in total. The molecule has 1 fully saturated rings. The highest BCUT2D eigenvalue weighted by Gasteiger charge is 2.39. The molecule has 0 radical (unpaired) electrons. The first-order chi connectivity index (χ1) is 7.45. The van der Waals surface area contributed by atoms with Gasteiger partial charge in [-0.3, -0.25) is 4.98 Å². The number of alkyl halides is 3. The summed E-state index contributed by atoms with van der Waals surface area (Å²) in [5.41, 5.74) is 1.47. The SMILES string of the molecule is CCc1ncc(C(F)(F)F)c(C2CC2)c1C. The Kier molecular flexibility index (Phi) is 2.68. The molecule has 0 saturated heterocycles. The number of hydrogen-bond donors (Lipinski definition) is 0. The van der Waals surface area contributed by atoms with Crippen molar-refractivity contribution in [2.45, 2.75) is 45.2 Å². The van der Waals surface area contributed by atoms with Crippen LogP contribution in [-0.4, -0.2) is 4.98 Å². The number of aromatic nitrogens is 1. The Hall–Kier alpha value is -1.06. The van der Waals surface area contributed by atoms with E-state index in [2.05, 4.69) is 4.98 Å². The second-order valence-corrected chi connectivity index (χ2v) is 4.28. The summed E-state index contributed by atoms with van der Waals surface area (Å²) in [6, 6.07) is 0. The van der Waals surface area contributed by atoms with Gasteiger partial charge in [-0.1, -0.05) is 6.92 Å². The molecule has 4 heteroatoms. The third-order valence-corrected chi connectivity index (χ3v) is 3.10. The van der Waals surface area contributed by atoms with Crippen LogP contribution in [-0.2, 0) is 12.6 Å². The summed E-state index contributed by atoms with van der Waals surface area (Å²) in [7, 11) is 0. The predicted molar refractivity (Wildman–Crippen MR) is 55.3 cm³/mol. The minimum atomic E-state index is -4.28. The molecule has 1 aliphatic carbocycles. The van der Waals surface area contributed by atoms with Gasteiger partial charge in [0, 0.05) is 11.9 Å². The molecule has 16 heavy (non-hydrogen) atoms. The Morgan fingerprint density at radius 2 is 2.00 bits per heavy atom. The lowest BCUT2D eigenvalue weighted by molar-refractivity contribution is -0.138. The van der Waals surface area contributed by atoms with Gasteiger partial charge in [0.25, 0.3) is 0 Å². The first-order valence-corrected chi connectivity index (χ1v) is 5.50. The summed E-state index contributed by atoms with van der Waals surface area (Å²) in [5, 5.41) is 0. The summed E-state index contributed by atoms with van der Waals surface area (Å²) in [6.45, 7) is 3.67. The van der Waals surface area contributed by atoms with E-state index in [1.54, 1.807) is 6.92 Å². The zero-order valence-corrected chi connectivity index (χ0v) is 9.36. The second kappa shape index (κ2) is 3.75. The molecule has 2 rings (SSSR count). The average Bonchev–Trinajstić information content (AvgIpc) is 2.99. The highest BCUT2D eigenvalue weighted by molar-refractivity contribution is 5.42. The number of nitrogens with zero attached hydrogens (tertiary/aromatic N) is 1. The maximum atomic E-state index is 12.8. The van der Waals surface area contributed by atoms with Gasteiger partial charge in [0.1, 0.15) is 0 Å². The standard InChI is InChI=1S/C12H14F3N/c1-3-10-7(2)11(8-4-5-8)9(6-16-10)12(13,14)15/h6,8H,3-5H2,1-2H3. The lowest BCUT2D eigenvalue weighted by Crippen LogP contribution is -2.12. The minimum Gasteiger partial charge on any atom is -0.260 e. The van der Waals surface area contributed by atoms with Gasteiger partial charge in [-0.25, -0.2) is 0 Å². The molecule has 0 bridgehead atoms. The summed E-state index contributed by atoms with van der Waals surface area (Å²) in [5.74, 6) is 0.102. The van der Waals surface area contributed by atoms with Crippen molar-refractivity contribution < 1.29 is 13.2 Å². The van der Waals surface area contributed by atoms with Gasteiger partial charge in [0.15, 0.2) is 0 Å².